The molecular formula is C19H23NO3. The van der Waals surface area contributed by atoms with Gasteiger partial charge in [0.15, 0.2) is 0 Å². The fourth-order valence-electron chi connectivity index (χ4n) is 2.09. The summed E-state index contributed by atoms with van der Waals surface area (Å²) in [5.74, 6) is 0.250. The fraction of sp³-hybridized carbons (Fsp3) is 0.368. The van der Waals surface area contributed by atoms with E-state index in [-0.39, 0.29) is 12.6 Å². The van der Waals surface area contributed by atoms with Crippen LogP contribution in [0.1, 0.15) is 25.8 Å². The van der Waals surface area contributed by atoms with Crippen molar-refractivity contribution in [2.24, 2.45) is 5.92 Å². The smallest absolute Gasteiger partial charge is 0.330 e. The lowest BCUT2D eigenvalue weighted by Crippen LogP contribution is -2.09. The zero-order valence-corrected chi connectivity index (χ0v) is 13.7. The lowest BCUT2D eigenvalue weighted by atomic mass is 10.1. The average molecular weight is 313 g/mol. The van der Waals surface area contributed by atoms with E-state index in [1.165, 1.54) is 6.08 Å². The first kappa shape index (κ1) is 17.2. The van der Waals surface area contributed by atoms with Crippen LogP contribution in [0.25, 0.3) is 17.0 Å². The fourth-order valence-corrected chi connectivity index (χ4v) is 2.09. The number of ether oxygens (including phenoxy) is 2. The predicted molar refractivity (Wildman–Crippen MR) is 92.0 cm³/mol. The number of carbonyl (C=O) groups is 1. The number of fused-ring (bicyclic) bond motifs is 1. The molecule has 0 aliphatic rings. The Kier molecular flexibility index (Phi) is 6.76. The molecule has 4 nitrogen and oxygen atoms in total. The summed E-state index contributed by atoms with van der Waals surface area (Å²) in [5.41, 5.74) is 1.77. The number of esters is 1. The molecule has 23 heavy (non-hydrogen) atoms. The quantitative estimate of drug-likeness (QED) is 0.422. The Balaban J connectivity index is 1.79. The second-order valence-electron chi connectivity index (χ2n) is 5.72. The van der Waals surface area contributed by atoms with E-state index in [9.17, 15) is 4.79 Å². The van der Waals surface area contributed by atoms with Crippen molar-refractivity contribution in [2.75, 3.05) is 19.8 Å². The van der Waals surface area contributed by atoms with Gasteiger partial charge < -0.3 is 9.47 Å². The number of benzene rings is 1. The van der Waals surface area contributed by atoms with E-state index in [4.69, 9.17) is 9.47 Å². The minimum atomic E-state index is -0.370. The summed E-state index contributed by atoms with van der Waals surface area (Å²) in [6.45, 7) is 5.70. The number of pyridine rings is 1. The first-order chi connectivity index (χ1) is 11.2. The van der Waals surface area contributed by atoms with Gasteiger partial charge in [0.25, 0.3) is 0 Å². The SMILES string of the molecule is CC(C)CCOCCOC(=O)/C=C/c1cccc2cccnc12. The third-order valence-electron chi connectivity index (χ3n) is 3.37. The van der Waals surface area contributed by atoms with E-state index in [1.54, 1.807) is 12.3 Å². The highest BCUT2D eigenvalue weighted by Gasteiger charge is 2.01. The van der Waals surface area contributed by atoms with Gasteiger partial charge in [-0.1, -0.05) is 38.1 Å². The monoisotopic (exact) mass is 313 g/mol. The first-order valence-corrected chi connectivity index (χ1v) is 7.93. The van der Waals surface area contributed by atoms with Gasteiger partial charge in [0.2, 0.25) is 0 Å². The molecule has 1 heterocycles. The van der Waals surface area contributed by atoms with Crippen LogP contribution in [0, 0.1) is 5.92 Å². The second kappa shape index (κ2) is 9.06. The molecule has 0 atom stereocenters. The summed E-state index contributed by atoms with van der Waals surface area (Å²) in [5, 5.41) is 1.04. The predicted octanol–water partition coefficient (Wildman–Crippen LogP) is 3.85. The Morgan fingerprint density at radius 1 is 1.17 bits per heavy atom. The standard InChI is InChI=1S/C19H23NO3/c1-15(2)10-12-22-13-14-23-18(21)9-8-17-6-3-5-16-7-4-11-20-19(16)17/h3-9,11,15H,10,12-14H2,1-2H3/b9-8+. The summed E-state index contributed by atoms with van der Waals surface area (Å²) in [6.07, 6.45) is 5.92. The summed E-state index contributed by atoms with van der Waals surface area (Å²) < 4.78 is 10.5. The topological polar surface area (TPSA) is 48.4 Å². The molecule has 1 aromatic carbocycles. The number of aromatic nitrogens is 1. The largest absolute Gasteiger partial charge is 0.460 e. The maximum absolute atomic E-state index is 11.7. The van der Waals surface area contributed by atoms with Crippen LogP contribution in [0.15, 0.2) is 42.6 Å². The number of para-hydroxylation sites is 1. The van der Waals surface area contributed by atoms with Gasteiger partial charge in [-0.25, -0.2) is 4.79 Å². The van der Waals surface area contributed by atoms with Gasteiger partial charge in [-0.05, 0) is 24.5 Å². The minimum Gasteiger partial charge on any atom is -0.460 e. The molecular weight excluding hydrogens is 290 g/mol. The van der Waals surface area contributed by atoms with Crippen molar-refractivity contribution in [2.45, 2.75) is 20.3 Å². The van der Waals surface area contributed by atoms with Crippen LogP contribution in [-0.4, -0.2) is 30.8 Å². The number of rotatable bonds is 8. The van der Waals surface area contributed by atoms with Crippen LogP contribution < -0.4 is 0 Å². The Morgan fingerprint density at radius 3 is 2.83 bits per heavy atom. The van der Waals surface area contributed by atoms with Gasteiger partial charge in [-0.2, -0.15) is 0 Å². The molecule has 0 aliphatic heterocycles. The van der Waals surface area contributed by atoms with E-state index >= 15 is 0 Å². The lowest BCUT2D eigenvalue weighted by Gasteiger charge is -2.06. The molecule has 0 aliphatic carbocycles. The van der Waals surface area contributed by atoms with E-state index in [0.717, 1.165) is 22.9 Å². The number of carbonyl (C=O) groups excluding carboxylic acids is 1. The Hall–Kier alpha value is -2.20. The van der Waals surface area contributed by atoms with Crippen LogP contribution in [0.5, 0.6) is 0 Å². The summed E-state index contributed by atoms with van der Waals surface area (Å²) in [7, 11) is 0. The molecule has 0 spiro atoms. The molecule has 0 radical (unpaired) electrons. The molecule has 0 amide bonds. The van der Waals surface area contributed by atoms with Crippen LogP contribution in [0.2, 0.25) is 0 Å². The van der Waals surface area contributed by atoms with Crippen molar-refractivity contribution < 1.29 is 14.3 Å². The highest BCUT2D eigenvalue weighted by Crippen LogP contribution is 2.17. The first-order valence-electron chi connectivity index (χ1n) is 7.93. The van der Waals surface area contributed by atoms with Crippen molar-refractivity contribution in [3.05, 3.63) is 48.2 Å². The summed E-state index contributed by atoms with van der Waals surface area (Å²) in [6, 6.07) is 9.74. The van der Waals surface area contributed by atoms with Gasteiger partial charge in [0.05, 0.1) is 12.1 Å². The molecule has 0 fully saturated rings. The lowest BCUT2D eigenvalue weighted by molar-refractivity contribution is -0.139. The van der Waals surface area contributed by atoms with Crippen molar-refractivity contribution in [3.8, 4) is 0 Å². The Morgan fingerprint density at radius 2 is 2.00 bits per heavy atom. The molecule has 0 saturated carbocycles. The molecule has 0 bridgehead atoms. The van der Waals surface area contributed by atoms with Gasteiger partial charge in [0, 0.05) is 29.8 Å². The Labute approximate surface area is 137 Å². The van der Waals surface area contributed by atoms with Crippen LogP contribution in [0.4, 0.5) is 0 Å². The molecule has 122 valence electrons. The maximum Gasteiger partial charge on any atom is 0.330 e. The third-order valence-corrected chi connectivity index (χ3v) is 3.37. The van der Waals surface area contributed by atoms with Gasteiger partial charge in [-0.15, -0.1) is 0 Å². The molecule has 0 saturated heterocycles. The van der Waals surface area contributed by atoms with Gasteiger partial charge in [0.1, 0.15) is 6.61 Å². The third kappa shape index (κ3) is 5.83. The van der Waals surface area contributed by atoms with Crippen molar-refractivity contribution in [1.29, 1.82) is 0 Å². The highest BCUT2D eigenvalue weighted by molar-refractivity contribution is 5.92. The average Bonchev–Trinajstić information content (AvgIpc) is 2.55. The molecule has 0 unspecified atom stereocenters. The molecule has 0 N–H and O–H groups in total. The van der Waals surface area contributed by atoms with Crippen LogP contribution in [-0.2, 0) is 14.3 Å². The molecule has 1 aromatic heterocycles. The van der Waals surface area contributed by atoms with Crippen LogP contribution >= 0.6 is 0 Å². The van der Waals surface area contributed by atoms with E-state index in [2.05, 4.69) is 18.8 Å². The van der Waals surface area contributed by atoms with Crippen molar-refractivity contribution >= 4 is 22.9 Å². The second-order valence-corrected chi connectivity index (χ2v) is 5.72. The zero-order chi connectivity index (χ0) is 16.5. The van der Waals surface area contributed by atoms with Crippen molar-refractivity contribution in [1.82, 2.24) is 4.98 Å². The number of hydrogen-bond donors (Lipinski definition) is 0. The van der Waals surface area contributed by atoms with Crippen molar-refractivity contribution in [3.63, 3.8) is 0 Å². The molecule has 2 aromatic rings. The maximum atomic E-state index is 11.7. The van der Waals surface area contributed by atoms with Crippen LogP contribution in [0.3, 0.4) is 0 Å². The highest BCUT2D eigenvalue weighted by atomic mass is 16.6. The van der Waals surface area contributed by atoms with Gasteiger partial charge >= 0.3 is 5.97 Å². The van der Waals surface area contributed by atoms with E-state index in [1.807, 2.05) is 30.3 Å². The Bertz CT molecular complexity index is 659. The molecule has 4 heteroatoms. The zero-order valence-electron chi connectivity index (χ0n) is 13.7. The normalized spacial score (nSPS) is 11.4. The van der Waals surface area contributed by atoms with E-state index in [0.29, 0.717) is 19.1 Å². The van der Waals surface area contributed by atoms with Gasteiger partial charge in [-0.3, -0.25) is 4.98 Å². The summed E-state index contributed by atoms with van der Waals surface area (Å²) in [4.78, 5) is 16.1. The number of hydrogen-bond acceptors (Lipinski definition) is 4. The minimum absolute atomic E-state index is 0.273. The van der Waals surface area contributed by atoms with E-state index < -0.39 is 0 Å². The summed E-state index contributed by atoms with van der Waals surface area (Å²) >= 11 is 0. The molecule has 2 rings (SSSR count). The number of nitrogens with zero attached hydrogens (tertiary/aromatic N) is 1.